The quantitative estimate of drug-likeness (QED) is 0.817. The second-order valence-corrected chi connectivity index (χ2v) is 5.66. The zero-order chi connectivity index (χ0) is 14.8. The summed E-state index contributed by atoms with van der Waals surface area (Å²) in [6.45, 7) is 2.22. The second-order valence-electron chi connectivity index (χ2n) is 4.60. The highest BCUT2D eigenvalue weighted by Gasteiger charge is 2.27. The SMILES string of the molecule is O=C(c1c(Cl)nc(Br)n1-c1ccccc1)N1CCOCC1. The second kappa shape index (κ2) is 6.17. The molecule has 1 aliphatic rings. The number of halogens is 2. The van der Waals surface area contributed by atoms with Crippen molar-refractivity contribution in [1.29, 1.82) is 0 Å². The van der Waals surface area contributed by atoms with Crippen molar-refractivity contribution in [3.63, 3.8) is 0 Å². The summed E-state index contributed by atoms with van der Waals surface area (Å²) in [6.07, 6.45) is 0. The Balaban J connectivity index is 2.04. The Morgan fingerprint density at radius 2 is 1.90 bits per heavy atom. The summed E-state index contributed by atoms with van der Waals surface area (Å²) in [7, 11) is 0. The van der Waals surface area contributed by atoms with Gasteiger partial charge >= 0.3 is 0 Å². The van der Waals surface area contributed by atoms with Gasteiger partial charge < -0.3 is 9.64 Å². The van der Waals surface area contributed by atoms with Gasteiger partial charge in [0.05, 0.1) is 13.2 Å². The number of hydrogen-bond donors (Lipinski definition) is 0. The molecule has 1 aliphatic heterocycles. The molecule has 3 rings (SSSR count). The maximum Gasteiger partial charge on any atom is 0.274 e. The molecular weight excluding hydrogens is 358 g/mol. The first-order valence-electron chi connectivity index (χ1n) is 6.54. The van der Waals surface area contributed by atoms with Crippen LogP contribution in [0.4, 0.5) is 0 Å². The van der Waals surface area contributed by atoms with E-state index in [9.17, 15) is 4.79 Å². The summed E-state index contributed by atoms with van der Waals surface area (Å²) in [5.41, 5.74) is 1.21. The molecule has 0 unspecified atom stereocenters. The van der Waals surface area contributed by atoms with E-state index < -0.39 is 0 Å². The van der Waals surface area contributed by atoms with Crippen LogP contribution in [0.2, 0.25) is 5.15 Å². The lowest BCUT2D eigenvalue weighted by Crippen LogP contribution is -2.41. The fourth-order valence-corrected chi connectivity index (χ4v) is 3.19. The Kier molecular flexibility index (Phi) is 4.28. The van der Waals surface area contributed by atoms with Crippen LogP contribution in [0, 0.1) is 0 Å². The predicted octanol–water partition coefficient (Wildman–Crippen LogP) is 2.76. The Morgan fingerprint density at radius 3 is 2.57 bits per heavy atom. The molecule has 0 N–H and O–H groups in total. The highest BCUT2D eigenvalue weighted by molar-refractivity contribution is 9.10. The number of morpholine rings is 1. The molecule has 110 valence electrons. The molecule has 0 atom stereocenters. The molecule has 1 amide bonds. The van der Waals surface area contributed by atoms with Crippen LogP contribution in [0.1, 0.15) is 10.5 Å². The summed E-state index contributed by atoms with van der Waals surface area (Å²) in [6, 6.07) is 9.52. The summed E-state index contributed by atoms with van der Waals surface area (Å²) in [5.74, 6) is -0.134. The van der Waals surface area contributed by atoms with Gasteiger partial charge in [0.25, 0.3) is 5.91 Å². The molecule has 0 saturated carbocycles. The van der Waals surface area contributed by atoms with Crippen molar-refractivity contribution in [2.75, 3.05) is 26.3 Å². The lowest BCUT2D eigenvalue weighted by atomic mass is 10.3. The van der Waals surface area contributed by atoms with Crippen LogP contribution in [0.3, 0.4) is 0 Å². The third-order valence-electron chi connectivity index (χ3n) is 3.31. The molecular formula is C14H13BrClN3O2. The van der Waals surface area contributed by atoms with Gasteiger partial charge in [0.2, 0.25) is 0 Å². The molecule has 1 aromatic heterocycles. The number of ether oxygens (including phenoxy) is 1. The monoisotopic (exact) mass is 369 g/mol. The molecule has 7 heteroatoms. The van der Waals surface area contributed by atoms with Gasteiger partial charge in [-0.2, -0.15) is 0 Å². The Labute approximate surface area is 135 Å². The fraction of sp³-hybridized carbons (Fsp3) is 0.286. The molecule has 1 aromatic carbocycles. The van der Waals surface area contributed by atoms with Crippen LogP contribution < -0.4 is 0 Å². The minimum absolute atomic E-state index is 0.134. The number of para-hydroxylation sites is 1. The van der Waals surface area contributed by atoms with E-state index >= 15 is 0 Å². The average Bonchev–Trinajstić information content (AvgIpc) is 2.82. The number of rotatable bonds is 2. The third-order valence-corrected chi connectivity index (χ3v) is 4.10. The topological polar surface area (TPSA) is 47.4 Å². The minimum atomic E-state index is -0.134. The van der Waals surface area contributed by atoms with E-state index in [4.69, 9.17) is 16.3 Å². The van der Waals surface area contributed by atoms with E-state index in [-0.39, 0.29) is 11.1 Å². The van der Waals surface area contributed by atoms with Crippen molar-refractivity contribution in [1.82, 2.24) is 14.5 Å². The normalized spacial score (nSPS) is 15.2. The number of aromatic nitrogens is 2. The smallest absolute Gasteiger partial charge is 0.274 e. The van der Waals surface area contributed by atoms with Crippen LogP contribution in [-0.4, -0.2) is 46.7 Å². The van der Waals surface area contributed by atoms with E-state index in [1.807, 2.05) is 30.3 Å². The lowest BCUT2D eigenvalue weighted by Gasteiger charge is -2.27. The highest BCUT2D eigenvalue weighted by atomic mass is 79.9. The molecule has 2 heterocycles. The van der Waals surface area contributed by atoms with Crippen LogP contribution in [0.25, 0.3) is 5.69 Å². The van der Waals surface area contributed by atoms with Gasteiger partial charge in [-0.1, -0.05) is 29.8 Å². The van der Waals surface area contributed by atoms with Gasteiger partial charge in [-0.25, -0.2) is 4.98 Å². The number of carbonyl (C=O) groups is 1. The first kappa shape index (κ1) is 14.6. The third kappa shape index (κ3) is 2.84. The van der Waals surface area contributed by atoms with Crippen molar-refractivity contribution in [2.24, 2.45) is 0 Å². The molecule has 0 radical (unpaired) electrons. The van der Waals surface area contributed by atoms with E-state index in [0.717, 1.165) is 5.69 Å². The van der Waals surface area contributed by atoms with E-state index in [1.165, 1.54) is 0 Å². The highest BCUT2D eigenvalue weighted by Crippen LogP contribution is 2.27. The number of nitrogens with zero attached hydrogens (tertiary/aromatic N) is 3. The Hall–Kier alpha value is -1.37. The van der Waals surface area contributed by atoms with Gasteiger partial charge in [-0.15, -0.1) is 0 Å². The number of imidazole rings is 1. The zero-order valence-corrected chi connectivity index (χ0v) is 13.5. The maximum absolute atomic E-state index is 12.7. The molecule has 0 bridgehead atoms. The predicted molar refractivity (Wildman–Crippen MR) is 83.0 cm³/mol. The van der Waals surface area contributed by atoms with Crippen molar-refractivity contribution in [3.8, 4) is 5.69 Å². The van der Waals surface area contributed by atoms with Crippen molar-refractivity contribution < 1.29 is 9.53 Å². The van der Waals surface area contributed by atoms with Gasteiger partial charge in [0.1, 0.15) is 0 Å². The lowest BCUT2D eigenvalue weighted by molar-refractivity contribution is 0.0297. The fourth-order valence-electron chi connectivity index (χ4n) is 2.28. The van der Waals surface area contributed by atoms with Crippen LogP contribution >= 0.6 is 27.5 Å². The number of carbonyl (C=O) groups excluding carboxylic acids is 1. The largest absolute Gasteiger partial charge is 0.378 e. The number of benzene rings is 1. The van der Waals surface area contributed by atoms with E-state index in [0.29, 0.717) is 36.7 Å². The van der Waals surface area contributed by atoms with Gasteiger partial charge in [0, 0.05) is 18.8 Å². The van der Waals surface area contributed by atoms with Gasteiger partial charge in [-0.3, -0.25) is 9.36 Å². The maximum atomic E-state index is 12.7. The first-order valence-corrected chi connectivity index (χ1v) is 7.72. The van der Waals surface area contributed by atoms with Crippen LogP contribution in [0.5, 0.6) is 0 Å². The minimum Gasteiger partial charge on any atom is -0.378 e. The van der Waals surface area contributed by atoms with Gasteiger partial charge in [0.15, 0.2) is 15.6 Å². The van der Waals surface area contributed by atoms with Crippen LogP contribution in [-0.2, 0) is 4.74 Å². The molecule has 0 aliphatic carbocycles. The Morgan fingerprint density at radius 1 is 1.24 bits per heavy atom. The average molecular weight is 371 g/mol. The summed E-state index contributed by atoms with van der Waals surface area (Å²) in [4.78, 5) is 18.6. The van der Waals surface area contributed by atoms with Crippen LogP contribution in [0.15, 0.2) is 35.1 Å². The summed E-state index contributed by atoms with van der Waals surface area (Å²) >= 11 is 9.54. The molecule has 0 spiro atoms. The van der Waals surface area contributed by atoms with Crippen molar-refractivity contribution in [2.45, 2.75) is 0 Å². The first-order chi connectivity index (χ1) is 10.2. The molecule has 2 aromatic rings. The molecule has 1 fully saturated rings. The Bertz CT molecular complexity index is 654. The molecule has 21 heavy (non-hydrogen) atoms. The van der Waals surface area contributed by atoms with Gasteiger partial charge in [-0.05, 0) is 28.1 Å². The standard InChI is InChI=1S/C14H13BrClN3O2/c15-14-17-12(16)11(13(20)18-6-8-21-9-7-18)19(14)10-4-2-1-3-5-10/h1-5H,6-9H2. The number of hydrogen-bond acceptors (Lipinski definition) is 3. The van der Waals surface area contributed by atoms with Crippen molar-refractivity contribution in [3.05, 3.63) is 45.9 Å². The summed E-state index contributed by atoms with van der Waals surface area (Å²) < 4.78 is 7.51. The van der Waals surface area contributed by atoms with E-state index in [2.05, 4.69) is 20.9 Å². The zero-order valence-electron chi connectivity index (χ0n) is 11.1. The van der Waals surface area contributed by atoms with E-state index in [1.54, 1.807) is 9.47 Å². The molecule has 1 saturated heterocycles. The number of amides is 1. The summed E-state index contributed by atoms with van der Waals surface area (Å²) in [5, 5.41) is 0.196. The van der Waals surface area contributed by atoms with Crippen molar-refractivity contribution >= 4 is 33.4 Å². The molecule has 5 nitrogen and oxygen atoms in total.